The van der Waals surface area contributed by atoms with Gasteiger partial charge in [0.2, 0.25) is 0 Å². The number of carbonyl (C=O) groups is 1. The number of ketones is 1. The lowest BCUT2D eigenvalue weighted by Crippen LogP contribution is -2.04. The number of alkyl halides is 1. The third kappa shape index (κ3) is 2.38. The van der Waals surface area contributed by atoms with Crippen molar-refractivity contribution in [2.45, 2.75) is 6.92 Å². The summed E-state index contributed by atoms with van der Waals surface area (Å²) in [6, 6.07) is 2.09. The van der Waals surface area contributed by atoms with Crippen molar-refractivity contribution in [2.24, 2.45) is 0 Å². The van der Waals surface area contributed by atoms with Crippen LogP contribution in [0.25, 0.3) is 0 Å². The second-order valence-electron chi connectivity index (χ2n) is 2.92. The molecule has 0 atom stereocenters. The highest BCUT2D eigenvalue weighted by atomic mass is 79.9. The van der Waals surface area contributed by atoms with Gasteiger partial charge in [-0.25, -0.2) is 4.39 Å². The van der Waals surface area contributed by atoms with E-state index in [2.05, 4.69) is 15.9 Å². The lowest BCUT2D eigenvalue weighted by Gasteiger charge is -2.02. The fourth-order valence-electron chi connectivity index (χ4n) is 1.09. The standard InChI is InChI=1S/C9H7BrFNO3/c1-5-7(11)2-6(9(13)4-10)3-8(5)12(14)15/h2-3H,4H2,1H3. The summed E-state index contributed by atoms with van der Waals surface area (Å²) >= 11 is 2.91. The van der Waals surface area contributed by atoms with Gasteiger partial charge in [0.25, 0.3) is 5.69 Å². The molecule has 0 spiro atoms. The molecule has 0 unspecified atom stereocenters. The lowest BCUT2D eigenvalue weighted by molar-refractivity contribution is -0.385. The van der Waals surface area contributed by atoms with Crippen molar-refractivity contribution in [3.63, 3.8) is 0 Å². The van der Waals surface area contributed by atoms with Gasteiger partial charge >= 0.3 is 0 Å². The first-order chi connectivity index (χ1) is 6.97. The topological polar surface area (TPSA) is 60.2 Å². The minimum Gasteiger partial charge on any atom is -0.293 e. The summed E-state index contributed by atoms with van der Waals surface area (Å²) < 4.78 is 13.2. The summed E-state index contributed by atoms with van der Waals surface area (Å²) in [4.78, 5) is 21.1. The Morgan fingerprint density at radius 3 is 2.67 bits per heavy atom. The molecule has 0 amide bonds. The van der Waals surface area contributed by atoms with Crippen LogP contribution in [0.5, 0.6) is 0 Å². The molecule has 1 aromatic rings. The monoisotopic (exact) mass is 275 g/mol. The highest BCUT2D eigenvalue weighted by Gasteiger charge is 2.18. The molecule has 0 aliphatic carbocycles. The largest absolute Gasteiger partial charge is 0.293 e. The number of hydrogen-bond donors (Lipinski definition) is 0. The lowest BCUT2D eigenvalue weighted by atomic mass is 10.1. The van der Waals surface area contributed by atoms with Crippen molar-refractivity contribution in [3.8, 4) is 0 Å². The molecule has 0 fully saturated rings. The van der Waals surface area contributed by atoms with Crippen molar-refractivity contribution in [3.05, 3.63) is 39.2 Å². The van der Waals surface area contributed by atoms with Gasteiger partial charge in [0.15, 0.2) is 5.78 Å². The Kier molecular flexibility index (Phi) is 3.52. The maximum Gasteiger partial charge on any atom is 0.275 e. The van der Waals surface area contributed by atoms with E-state index >= 15 is 0 Å². The molecule has 0 aliphatic rings. The van der Waals surface area contributed by atoms with E-state index in [0.717, 1.165) is 12.1 Å². The molecule has 80 valence electrons. The Balaban J connectivity index is 3.35. The van der Waals surface area contributed by atoms with Gasteiger partial charge in [-0.05, 0) is 13.0 Å². The van der Waals surface area contributed by atoms with Gasteiger partial charge < -0.3 is 0 Å². The SMILES string of the molecule is Cc1c(F)cc(C(=O)CBr)cc1[N+](=O)[O-]. The Morgan fingerprint density at radius 2 is 2.20 bits per heavy atom. The van der Waals surface area contributed by atoms with Crippen LogP contribution in [0.15, 0.2) is 12.1 Å². The van der Waals surface area contributed by atoms with Crippen LogP contribution in [0.4, 0.5) is 10.1 Å². The van der Waals surface area contributed by atoms with Crippen LogP contribution in [-0.2, 0) is 0 Å². The average Bonchev–Trinajstić information content (AvgIpc) is 2.20. The van der Waals surface area contributed by atoms with E-state index in [4.69, 9.17) is 0 Å². The number of nitro benzene ring substituents is 1. The molecule has 6 heteroatoms. The second-order valence-corrected chi connectivity index (χ2v) is 3.48. The first-order valence-electron chi connectivity index (χ1n) is 4.01. The molecule has 4 nitrogen and oxygen atoms in total. The molecule has 0 aromatic heterocycles. The van der Waals surface area contributed by atoms with E-state index in [-0.39, 0.29) is 22.1 Å². The number of nitrogens with zero attached hydrogens (tertiary/aromatic N) is 1. The fraction of sp³-hybridized carbons (Fsp3) is 0.222. The van der Waals surface area contributed by atoms with Crippen molar-refractivity contribution >= 4 is 27.4 Å². The Hall–Kier alpha value is -1.30. The Bertz CT molecular complexity index is 434. The molecule has 1 rings (SSSR count). The molecular formula is C9H7BrFNO3. The third-order valence-electron chi connectivity index (χ3n) is 1.96. The van der Waals surface area contributed by atoms with Crippen LogP contribution in [-0.4, -0.2) is 16.0 Å². The summed E-state index contributed by atoms with van der Waals surface area (Å²) in [5.41, 5.74) is -0.438. The van der Waals surface area contributed by atoms with E-state index in [1.54, 1.807) is 0 Å². The highest BCUT2D eigenvalue weighted by Crippen LogP contribution is 2.23. The third-order valence-corrected chi connectivity index (χ3v) is 2.47. The fourth-order valence-corrected chi connectivity index (χ4v) is 1.42. The highest BCUT2D eigenvalue weighted by molar-refractivity contribution is 9.09. The van der Waals surface area contributed by atoms with Gasteiger partial charge in [-0.2, -0.15) is 0 Å². The van der Waals surface area contributed by atoms with E-state index < -0.39 is 16.5 Å². The van der Waals surface area contributed by atoms with Crippen molar-refractivity contribution in [1.29, 1.82) is 0 Å². The van der Waals surface area contributed by atoms with Crippen LogP contribution < -0.4 is 0 Å². The first kappa shape index (κ1) is 11.8. The number of nitro groups is 1. The molecule has 0 radical (unpaired) electrons. The average molecular weight is 276 g/mol. The number of halogens is 2. The zero-order valence-corrected chi connectivity index (χ0v) is 9.38. The number of carbonyl (C=O) groups excluding carboxylic acids is 1. The van der Waals surface area contributed by atoms with Gasteiger partial charge in [0, 0.05) is 11.6 Å². The predicted molar refractivity (Wildman–Crippen MR) is 55.9 cm³/mol. The number of Topliss-reactive ketones (excluding diaryl/α,β-unsaturated/α-hetero) is 1. The summed E-state index contributed by atoms with van der Waals surface area (Å²) in [5.74, 6) is -1.13. The Labute approximate surface area is 93.4 Å². The summed E-state index contributed by atoms with van der Waals surface area (Å²) in [7, 11) is 0. The minimum atomic E-state index is -0.742. The van der Waals surface area contributed by atoms with Gasteiger partial charge in [-0.1, -0.05) is 15.9 Å². The molecular weight excluding hydrogens is 269 g/mol. The molecule has 0 aliphatic heterocycles. The number of benzene rings is 1. The van der Waals surface area contributed by atoms with E-state index in [9.17, 15) is 19.3 Å². The van der Waals surface area contributed by atoms with Gasteiger partial charge in [-0.15, -0.1) is 0 Å². The van der Waals surface area contributed by atoms with Crippen molar-refractivity contribution in [2.75, 3.05) is 5.33 Å². The first-order valence-corrected chi connectivity index (χ1v) is 5.13. The number of rotatable bonds is 3. The van der Waals surface area contributed by atoms with Gasteiger partial charge in [-0.3, -0.25) is 14.9 Å². The van der Waals surface area contributed by atoms with Crippen molar-refractivity contribution < 1.29 is 14.1 Å². The normalized spacial score (nSPS) is 10.1. The van der Waals surface area contributed by atoms with Gasteiger partial charge in [0.05, 0.1) is 15.8 Å². The summed E-state index contributed by atoms with van der Waals surface area (Å²) in [6.45, 7) is 1.30. The van der Waals surface area contributed by atoms with Gasteiger partial charge in [0.1, 0.15) is 5.82 Å². The number of hydrogen-bond acceptors (Lipinski definition) is 3. The maximum absolute atomic E-state index is 13.2. The second kappa shape index (κ2) is 4.48. The van der Waals surface area contributed by atoms with Crippen LogP contribution in [0.1, 0.15) is 15.9 Å². The maximum atomic E-state index is 13.2. The van der Waals surface area contributed by atoms with Crippen molar-refractivity contribution in [1.82, 2.24) is 0 Å². The van der Waals surface area contributed by atoms with E-state index in [1.807, 2.05) is 0 Å². The predicted octanol–water partition coefficient (Wildman–Crippen LogP) is 2.62. The molecule has 0 saturated heterocycles. The molecule has 0 heterocycles. The Morgan fingerprint density at radius 1 is 1.60 bits per heavy atom. The van der Waals surface area contributed by atoms with Crippen LogP contribution >= 0.6 is 15.9 Å². The smallest absolute Gasteiger partial charge is 0.275 e. The van der Waals surface area contributed by atoms with Crippen LogP contribution in [0, 0.1) is 22.9 Å². The zero-order chi connectivity index (χ0) is 11.6. The van der Waals surface area contributed by atoms with Crippen LogP contribution in [0.2, 0.25) is 0 Å². The summed E-state index contributed by atoms with van der Waals surface area (Å²) in [6.07, 6.45) is 0. The molecule has 0 bridgehead atoms. The molecule has 0 saturated carbocycles. The molecule has 0 N–H and O–H groups in total. The molecule has 1 aromatic carbocycles. The zero-order valence-electron chi connectivity index (χ0n) is 7.79. The van der Waals surface area contributed by atoms with Crippen LogP contribution in [0.3, 0.4) is 0 Å². The summed E-state index contributed by atoms with van der Waals surface area (Å²) in [5, 5.41) is 10.6. The van der Waals surface area contributed by atoms with E-state index in [0.29, 0.717) is 0 Å². The quantitative estimate of drug-likeness (QED) is 0.369. The minimum absolute atomic E-state index is 0.00155. The molecule has 15 heavy (non-hydrogen) atoms. The van der Waals surface area contributed by atoms with E-state index in [1.165, 1.54) is 6.92 Å².